The smallest absolute Gasteiger partial charge is 0.119 e. The van der Waals surface area contributed by atoms with Gasteiger partial charge in [-0.3, -0.25) is 0 Å². The number of ether oxygens (including phenoxy) is 2. The maximum atomic E-state index is 5.22. The molecule has 0 saturated heterocycles. The number of rotatable bonds is 7. The second kappa shape index (κ2) is 7.64. The molecule has 0 heterocycles. The Morgan fingerprint density at radius 3 is 2.43 bits per heavy atom. The molecule has 0 aliphatic carbocycles. The van der Waals surface area contributed by atoms with E-state index in [2.05, 4.69) is 18.0 Å². The Hall–Kier alpha value is -2.07. The third kappa shape index (κ3) is 4.76. The van der Waals surface area contributed by atoms with Crippen LogP contribution in [0.2, 0.25) is 0 Å². The van der Waals surface area contributed by atoms with Gasteiger partial charge in [0.2, 0.25) is 0 Å². The Bertz CT molecular complexity index is 596. The van der Waals surface area contributed by atoms with Crippen LogP contribution in [-0.2, 0) is 0 Å². The predicted molar refractivity (Wildman–Crippen MR) is 89.5 cm³/mol. The van der Waals surface area contributed by atoms with Gasteiger partial charge in [-0.2, -0.15) is 0 Å². The lowest BCUT2D eigenvalue weighted by Gasteiger charge is -2.10. The first-order chi connectivity index (χ1) is 10.2. The zero-order valence-electron chi connectivity index (χ0n) is 12.3. The first kappa shape index (κ1) is 15.3. The lowest BCUT2D eigenvalue weighted by Crippen LogP contribution is -2.00. The molecule has 0 fully saturated rings. The molecule has 0 unspecified atom stereocenters. The van der Waals surface area contributed by atoms with Crippen molar-refractivity contribution < 1.29 is 9.47 Å². The van der Waals surface area contributed by atoms with Crippen LogP contribution in [0.1, 0.15) is 0 Å². The van der Waals surface area contributed by atoms with Gasteiger partial charge >= 0.3 is 0 Å². The molecule has 4 heteroatoms. The van der Waals surface area contributed by atoms with Crippen LogP contribution in [0.3, 0.4) is 0 Å². The average molecular weight is 301 g/mol. The van der Waals surface area contributed by atoms with Gasteiger partial charge in [0.25, 0.3) is 0 Å². The van der Waals surface area contributed by atoms with E-state index in [1.165, 1.54) is 0 Å². The number of hydrogen-bond donors (Lipinski definition) is 1. The predicted octanol–water partition coefficient (Wildman–Crippen LogP) is 4.42. The van der Waals surface area contributed by atoms with E-state index in [4.69, 9.17) is 9.47 Å². The molecule has 0 radical (unpaired) electrons. The molecule has 0 bridgehead atoms. The number of hydrogen-bond acceptors (Lipinski definition) is 4. The maximum Gasteiger partial charge on any atom is 0.119 e. The molecule has 0 aliphatic rings. The Kier molecular flexibility index (Phi) is 5.58. The van der Waals surface area contributed by atoms with Crippen molar-refractivity contribution in [2.75, 3.05) is 25.3 Å². The highest BCUT2D eigenvalue weighted by Crippen LogP contribution is 2.25. The highest BCUT2D eigenvalue weighted by Gasteiger charge is 2.00. The summed E-state index contributed by atoms with van der Waals surface area (Å²) in [5, 5.41) is 3.29. The van der Waals surface area contributed by atoms with Crippen molar-refractivity contribution in [3.63, 3.8) is 0 Å². The topological polar surface area (TPSA) is 30.5 Å². The molecule has 2 aromatic carbocycles. The van der Waals surface area contributed by atoms with Gasteiger partial charge in [0.05, 0.1) is 14.2 Å². The van der Waals surface area contributed by atoms with Crippen LogP contribution < -0.4 is 14.8 Å². The van der Waals surface area contributed by atoms with E-state index < -0.39 is 0 Å². The number of nitrogens with one attached hydrogen (secondary N) is 1. The summed E-state index contributed by atoms with van der Waals surface area (Å²) in [6.07, 6.45) is 0. The van der Waals surface area contributed by atoms with Gasteiger partial charge < -0.3 is 14.8 Å². The van der Waals surface area contributed by atoms with Crippen molar-refractivity contribution in [2.24, 2.45) is 0 Å². The number of benzene rings is 2. The minimum Gasteiger partial charge on any atom is -0.497 e. The second-order valence-corrected chi connectivity index (χ2v) is 5.47. The lowest BCUT2D eigenvalue weighted by molar-refractivity contribution is 0.413. The van der Waals surface area contributed by atoms with E-state index in [9.17, 15) is 0 Å². The molecule has 2 aromatic rings. The van der Waals surface area contributed by atoms with E-state index in [0.717, 1.165) is 33.5 Å². The van der Waals surface area contributed by atoms with Crippen molar-refractivity contribution >= 4 is 17.4 Å². The molecule has 2 rings (SSSR count). The summed E-state index contributed by atoms with van der Waals surface area (Å²) in [5.74, 6) is 2.50. The van der Waals surface area contributed by atoms with Gasteiger partial charge in [-0.15, -0.1) is 11.8 Å². The van der Waals surface area contributed by atoms with E-state index in [1.807, 2.05) is 42.5 Å². The third-order valence-corrected chi connectivity index (χ3v) is 3.95. The number of methoxy groups -OCH3 is 2. The summed E-state index contributed by atoms with van der Waals surface area (Å²) < 4.78 is 10.4. The Labute approximate surface area is 130 Å². The fraction of sp³-hybridized carbons (Fsp3) is 0.176. The average Bonchev–Trinajstić information content (AvgIpc) is 2.54. The summed E-state index contributed by atoms with van der Waals surface area (Å²) in [6.45, 7) is 4.06. The largest absolute Gasteiger partial charge is 0.497 e. The molecule has 110 valence electrons. The first-order valence-corrected chi connectivity index (χ1v) is 7.55. The molecule has 3 nitrogen and oxygen atoms in total. The zero-order chi connectivity index (χ0) is 15.1. The SMILES string of the molecule is C=C(CSc1cccc(OC)c1)Nc1ccc(OC)cc1. The van der Waals surface area contributed by atoms with Crippen LogP contribution in [0, 0.1) is 0 Å². The Balaban J connectivity index is 1.86. The fourth-order valence-corrected chi connectivity index (χ4v) is 2.56. The van der Waals surface area contributed by atoms with Gasteiger partial charge in [-0.05, 0) is 42.5 Å². The van der Waals surface area contributed by atoms with E-state index >= 15 is 0 Å². The molecular formula is C17H19NO2S. The van der Waals surface area contributed by atoms with Crippen molar-refractivity contribution in [3.05, 3.63) is 60.8 Å². The minimum absolute atomic E-state index is 0.791. The van der Waals surface area contributed by atoms with Crippen molar-refractivity contribution in [3.8, 4) is 11.5 Å². The molecule has 0 atom stereocenters. The molecule has 0 aromatic heterocycles. The van der Waals surface area contributed by atoms with Gasteiger partial charge in [-0.25, -0.2) is 0 Å². The fourth-order valence-electron chi connectivity index (χ4n) is 1.78. The quantitative estimate of drug-likeness (QED) is 0.767. The highest BCUT2D eigenvalue weighted by molar-refractivity contribution is 7.99. The van der Waals surface area contributed by atoms with Crippen LogP contribution >= 0.6 is 11.8 Å². The Morgan fingerprint density at radius 1 is 1.05 bits per heavy atom. The standard InChI is InChI=1S/C17H19NO2S/c1-13(18-14-7-9-15(19-2)10-8-14)12-21-17-6-4-5-16(11-17)20-3/h4-11,18H,1,12H2,2-3H3. The number of thioether (sulfide) groups is 1. The monoisotopic (exact) mass is 301 g/mol. The summed E-state index contributed by atoms with van der Waals surface area (Å²) in [6, 6.07) is 15.8. The van der Waals surface area contributed by atoms with Gasteiger partial charge in [0, 0.05) is 22.0 Å². The summed E-state index contributed by atoms with van der Waals surface area (Å²) in [5.41, 5.74) is 1.96. The molecule has 21 heavy (non-hydrogen) atoms. The van der Waals surface area contributed by atoms with E-state index in [1.54, 1.807) is 26.0 Å². The minimum atomic E-state index is 0.791. The van der Waals surface area contributed by atoms with Gasteiger partial charge in [0.1, 0.15) is 11.5 Å². The normalized spacial score (nSPS) is 10.0. The van der Waals surface area contributed by atoms with Crippen molar-refractivity contribution in [1.29, 1.82) is 0 Å². The van der Waals surface area contributed by atoms with Gasteiger partial charge in [-0.1, -0.05) is 12.6 Å². The second-order valence-electron chi connectivity index (χ2n) is 4.42. The van der Waals surface area contributed by atoms with Gasteiger partial charge in [0.15, 0.2) is 0 Å². The van der Waals surface area contributed by atoms with Crippen LogP contribution in [-0.4, -0.2) is 20.0 Å². The summed E-state index contributed by atoms with van der Waals surface area (Å²) >= 11 is 1.72. The lowest BCUT2D eigenvalue weighted by atomic mass is 10.3. The van der Waals surface area contributed by atoms with Crippen LogP contribution in [0.5, 0.6) is 11.5 Å². The maximum absolute atomic E-state index is 5.22. The summed E-state index contributed by atoms with van der Waals surface area (Å²) in [4.78, 5) is 1.16. The van der Waals surface area contributed by atoms with Crippen molar-refractivity contribution in [2.45, 2.75) is 4.90 Å². The molecular weight excluding hydrogens is 282 g/mol. The van der Waals surface area contributed by atoms with Crippen LogP contribution in [0.4, 0.5) is 5.69 Å². The molecule has 0 aliphatic heterocycles. The van der Waals surface area contributed by atoms with Crippen LogP contribution in [0.25, 0.3) is 0 Å². The molecule has 0 saturated carbocycles. The Morgan fingerprint density at radius 2 is 1.76 bits per heavy atom. The number of anilines is 1. The van der Waals surface area contributed by atoms with Crippen LogP contribution in [0.15, 0.2) is 65.7 Å². The third-order valence-electron chi connectivity index (χ3n) is 2.87. The van der Waals surface area contributed by atoms with E-state index in [0.29, 0.717) is 0 Å². The molecule has 1 N–H and O–H groups in total. The molecule has 0 spiro atoms. The molecule has 0 amide bonds. The highest BCUT2D eigenvalue weighted by atomic mass is 32.2. The zero-order valence-corrected chi connectivity index (χ0v) is 13.1. The van der Waals surface area contributed by atoms with Crippen molar-refractivity contribution in [1.82, 2.24) is 0 Å². The summed E-state index contributed by atoms with van der Waals surface area (Å²) in [7, 11) is 3.33. The van der Waals surface area contributed by atoms with E-state index in [-0.39, 0.29) is 0 Å². The first-order valence-electron chi connectivity index (χ1n) is 6.57.